The van der Waals surface area contributed by atoms with Crippen LogP contribution in [-0.2, 0) is 15.0 Å². The second-order valence-electron chi connectivity index (χ2n) is 6.12. The van der Waals surface area contributed by atoms with Crippen molar-refractivity contribution in [2.75, 3.05) is 12.4 Å². The Morgan fingerprint density at radius 2 is 1.71 bits per heavy atom. The fourth-order valence-corrected chi connectivity index (χ4v) is 2.25. The van der Waals surface area contributed by atoms with Crippen molar-refractivity contribution < 1.29 is 18.4 Å². The number of hydrogen-bond donors (Lipinski definition) is 2. The van der Waals surface area contributed by atoms with Crippen LogP contribution in [0.2, 0.25) is 0 Å². The Hall–Kier alpha value is -1.98. The Kier molecular flexibility index (Phi) is 9.18. The largest absolute Gasteiger partial charge is 0.374 e. The van der Waals surface area contributed by atoms with Gasteiger partial charge in [-0.2, -0.15) is 0 Å². The van der Waals surface area contributed by atoms with Gasteiger partial charge in [0.1, 0.15) is 24.0 Å². The Morgan fingerprint density at radius 1 is 1.21 bits per heavy atom. The van der Waals surface area contributed by atoms with Gasteiger partial charge in [0, 0.05) is 24.7 Å². The molecule has 0 heterocycles. The van der Waals surface area contributed by atoms with Crippen LogP contribution in [0.1, 0.15) is 53.0 Å². The SMILES string of the molecule is CC.CNC(=O)C(CCC=O)Nc1cc(F)c(C(C)(C)C)c(F)c1. The maximum Gasteiger partial charge on any atom is 0.242 e. The second kappa shape index (κ2) is 10.0. The van der Waals surface area contributed by atoms with Crippen molar-refractivity contribution >= 4 is 17.9 Å². The maximum atomic E-state index is 14.2. The summed E-state index contributed by atoms with van der Waals surface area (Å²) in [7, 11) is 1.46. The fourth-order valence-electron chi connectivity index (χ4n) is 2.25. The quantitative estimate of drug-likeness (QED) is 0.773. The van der Waals surface area contributed by atoms with E-state index >= 15 is 0 Å². The molecule has 0 spiro atoms. The molecule has 0 aliphatic heterocycles. The number of carbonyl (C=O) groups excluding carboxylic acids is 2. The highest BCUT2D eigenvalue weighted by molar-refractivity contribution is 5.84. The highest BCUT2D eigenvalue weighted by Gasteiger charge is 2.25. The zero-order valence-electron chi connectivity index (χ0n) is 15.3. The van der Waals surface area contributed by atoms with Crippen molar-refractivity contribution in [3.8, 4) is 0 Å². The third kappa shape index (κ3) is 6.26. The van der Waals surface area contributed by atoms with Gasteiger partial charge in [-0.05, 0) is 24.0 Å². The van der Waals surface area contributed by atoms with Crippen LogP contribution in [0.25, 0.3) is 0 Å². The van der Waals surface area contributed by atoms with Gasteiger partial charge >= 0.3 is 0 Å². The molecule has 0 aliphatic rings. The van der Waals surface area contributed by atoms with Crippen molar-refractivity contribution in [3.05, 3.63) is 29.3 Å². The molecule has 0 radical (unpaired) electrons. The molecule has 1 aromatic rings. The van der Waals surface area contributed by atoms with Crippen LogP contribution in [0.15, 0.2) is 12.1 Å². The molecule has 1 atom stereocenters. The summed E-state index contributed by atoms with van der Waals surface area (Å²) in [5.41, 5.74) is -0.491. The standard InChI is InChI=1S/C16H22F2N2O2.C2H6/c1-16(2,3)14-11(17)8-10(9-12(14)18)20-13(6-5-7-21)15(22)19-4;1-2/h7-9,13,20H,5-6H2,1-4H3,(H,19,22);1-2H3. The van der Waals surface area contributed by atoms with Crippen molar-refractivity contribution in [2.45, 2.75) is 58.9 Å². The molecule has 0 bridgehead atoms. The lowest BCUT2D eigenvalue weighted by Crippen LogP contribution is -2.37. The van der Waals surface area contributed by atoms with E-state index in [0.717, 1.165) is 0 Å². The van der Waals surface area contributed by atoms with Gasteiger partial charge in [0.25, 0.3) is 0 Å². The molecule has 0 fully saturated rings. The fraction of sp³-hybridized carbons (Fsp3) is 0.556. The minimum Gasteiger partial charge on any atom is -0.374 e. The van der Waals surface area contributed by atoms with Crippen molar-refractivity contribution in [3.63, 3.8) is 0 Å². The number of hydrogen-bond acceptors (Lipinski definition) is 3. The summed E-state index contributed by atoms with van der Waals surface area (Å²) >= 11 is 0. The normalized spacial score (nSPS) is 11.8. The van der Waals surface area contributed by atoms with E-state index in [2.05, 4.69) is 10.6 Å². The number of halogens is 2. The van der Waals surface area contributed by atoms with Crippen molar-refractivity contribution in [1.29, 1.82) is 0 Å². The lowest BCUT2D eigenvalue weighted by molar-refractivity contribution is -0.121. The van der Waals surface area contributed by atoms with Crippen LogP contribution in [0.5, 0.6) is 0 Å². The first kappa shape index (κ1) is 22.0. The number of benzene rings is 1. The van der Waals surface area contributed by atoms with Crippen molar-refractivity contribution in [2.24, 2.45) is 0 Å². The monoisotopic (exact) mass is 342 g/mol. The zero-order valence-corrected chi connectivity index (χ0v) is 15.3. The number of nitrogens with one attached hydrogen (secondary N) is 2. The molecule has 6 heteroatoms. The predicted octanol–water partition coefficient (Wildman–Crippen LogP) is 3.79. The van der Waals surface area contributed by atoms with E-state index in [0.29, 0.717) is 6.29 Å². The number of anilines is 1. The molecule has 0 aromatic heterocycles. The Labute approximate surface area is 143 Å². The molecule has 4 nitrogen and oxygen atoms in total. The number of carbonyl (C=O) groups is 2. The van der Waals surface area contributed by atoms with E-state index in [1.807, 2.05) is 13.8 Å². The molecule has 1 rings (SSSR count). The molecule has 2 N–H and O–H groups in total. The van der Waals surface area contributed by atoms with E-state index in [9.17, 15) is 18.4 Å². The summed E-state index contributed by atoms with van der Waals surface area (Å²) in [6, 6.07) is 1.61. The number of rotatable bonds is 6. The molecule has 24 heavy (non-hydrogen) atoms. The summed E-state index contributed by atoms with van der Waals surface area (Å²) in [5.74, 6) is -1.68. The van der Waals surface area contributed by atoms with Crippen molar-refractivity contribution in [1.82, 2.24) is 5.32 Å². The first-order valence-corrected chi connectivity index (χ1v) is 8.12. The summed E-state index contributed by atoms with van der Waals surface area (Å²) in [6.07, 6.45) is 1.12. The van der Waals surface area contributed by atoms with Gasteiger partial charge in [0.2, 0.25) is 5.91 Å². The minimum absolute atomic E-state index is 0.00225. The number of amides is 1. The average Bonchev–Trinajstić information content (AvgIpc) is 2.50. The van der Waals surface area contributed by atoms with Crippen LogP contribution >= 0.6 is 0 Å². The van der Waals surface area contributed by atoms with E-state index < -0.39 is 23.1 Å². The van der Waals surface area contributed by atoms with E-state index in [1.165, 1.54) is 19.2 Å². The van der Waals surface area contributed by atoms with Gasteiger partial charge in [0.05, 0.1) is 0 Å². The highest BCUT2D eigenvalue weighted by atomic mass is 19.1. The van der Waals surface area contributed by atoms with Crippen LogP contribution < -0.4 is 10.6 Å². The molecule has 1 unspecified atom stereocenters. The molecular formula is C18H28F2N2O2. The van der Waals surface area contributed by atoms with Gasteiger partial charge in [0.15, 0.2) is 0 Å². The molecule has 1 aromatic carbocycles. The third-order valence-corrected chi connectivity index (χ3v) is 3.27. The third-order valence-electron chi connectivity index (χ3n) is 3.27. The van der Waals surface area contributed by atoms with Gasteiger partial charge in [-0.15, -0.1) is 0 Å². The zero-order chi connectivity index (χ0) is 18.9. The summed E-state index contributed by atoms with van der Waals surface area (Å²) in [5, 5.41) is 5.23. The summed E-state index contributed by atoms with van der Waals surface area (Å²) < 4.78 is 28.3. The van der Waals surface area contributed by atoms with Crippen LogP contribution in [-0.4, -0.2) is 25.3 Å². The van der Waals surface area contributed by atoms with E-state index in [-0.39, 0.29) is 30.0 Å². The van der Waals surface area contributed by atoms with Crippen LogP contribution in [0.4, 0.5) is 14.5 Å². The first-order valence-electron chi connectivity index (χ1n) is 8.12. The summed E-state index contributed by atoms with van der Waals surface area (Å²) in [6.45, 7) is 9.16. The molecule has 136 valence electrons. The summed E-state index contributed by atoms with van der Waals surface area (Å²) in [4.78, 5) is 22.2. The number of likely N-dealkylation sites (N-methyl/N-ethyl adjacent to an activating group) is 1. The van der Waals surface area contributed by atoms with E-state index in [4.69, 9.17) is 0 Å². The van der Waals surface area contributed by atoms with Gasteiger partial charge in [-0.3, -0.25) is 4.79 Å². The molecule has 0 saturated heterocycles. The Morgan fingerprint density at radius 3 is 2.08 bits per heavy atom. The molecule has 0 aliphatic carbocycles. The topological polar surface area (TPSA) is 58.2 Å². The highest BCUT2D eigenvalue weighted by Crippen LogP contribution is 2.30. The predicted molar refractivity (Wildman–Crippen MR) is 93.2 cm³/mol. The number of aldehydes is 1. The van der Waals surface area contributed by atoms with Crippen LogP contribution in [0.3, 0.4) is 0 Å². The smallest absolute Gasteiger partial charge is 0.242 e. The van der Waals surface area contributed by atoms with Crippen LogP contribution in [0, 0.1) is 11.6 Å². The first-order chi connectivity index (χ1) is 11.2. The average molecular weight is 342 g/mol. The lowest BCUT2D eigenvalue weighted by Gasteiger charge is -2.23. The van der Waals surface area contributed by atoms with Gasteiger partial charge < -0.3 is 15.4 Å². The minimum atomic E-state index is -0.727. The Bertz CT molecular complexity index is 531. The molecule has 0 saturated carbocycles. The molecule has 1 amide bonds. The van der Waals surface area contributed by atoms with Gasteiger partial charge in [-0.25, -0.2) is 8.78 Å². The molecular weight excluding hydrogens is 314 g/mol. The maximum absolute atomic E-state index is 14.2. The Balaban J connectivity index is 0.00000254. The van der Waals surface area contributed by atoms with Gasteiger partial charge in [-0.1, -0.05) is 34.6 Å². The lowest BCUT2D eigenvalue weighted by atomic mass is 9.86. The van der Waals surface area contributed by atoms with E-state index in [1.54, 1.807) is 20.8 Å². The second-order valence-corrected chi connectivity index (χ2v) is 6.12.